The molecule has 6 atom stereocenters. The summed E-state index contributed by atoms with van der Waals surface area (Å²) >= 11 is 0. The van der Waals surface area contributed by atoms with Crippen LogP contribution in [0.5, 0.6) is 0 Å². The fourth-order valence-corrected chi connectivity index (χ4v) is 4.35. The molecule has 1 aromatic rings. The first kappa shape index (κ1) is 15.5. The third-order valence-electron chi connectivity index (χ3n) is 4.27. The Kier molecular flexibility index (Phi) is 3.91. The van der Waals surface area contributed by atoms with Gasteiger partial charge in [0.15, 0.2) is 22.4 Å². The Labute approximate surface area is 134 Å². The van der Waals surface area contributed by atoms with E-state index in [1.165, 1.54) is 0 Å². The van der Waals surface area contributed by atoms with Crippen LogP contribution in [0.2, 0.25) is 0 Å². The summed E-state index contributed by atoms with van der Waals surface area (Å²) < 4.78 is 52.6. The highest BCUT2D eigenvalue weighted by Crippen LogP contribution is 2.41. The minimum Gasteiger partial charge on any atom is -0.361 e. The van der Waals surface area contributed by atoms with Crippen molar-refractivity contribution in [2.45, 2.75) is 41.9 Å². The van der Waals surface area contributed by atoms with Crippen molar-refractivity contribution >= 4 is 9.84 Å². The Bertz CT molecular complexity index is 662. The van der Waals surface area contributed by atoms with Crippen LogP contribution in [-0.2, 0) is 33.5 Å². The second-order valence-corrected chi connectivity index (χ2v) is 7.84. The number of hydrogen-bond acceptors (Lipinski definition) is 7. The lowest BCUT2D eigenvalue weighted by Crippen LogP contribution is -2.55. The molecule has 23 heavy (non-hydrogen) atoms. The van der Waals surface area contributed by atoms with Gasteiger partial charge in [0.1, 0.15) is 30.2 Å². The molecule has 3 saturated heterocycles. The number of epoxide rings is 1. The fourth-order valence-electron chi connectivity index (χ4n) is 3.05. The van der Waals surface area contributed by atoms with Gasteiger partial charge in [-0.2, -0.15) is 0 Å². The molecule has 1 unspecified atom stereocenters. The Morgan fingerprint density at radius 2 is 1.87 bits per heavy atom. The molecule has 0 bridgehead atoms. The van der Waals surface area contributed by atoms with Gasteiger partial charge in [0.05, 0.1) is 11.5 Å². The zero-order valence-electron chi connectivity index (χ0n) is 12.5. The summed E-state index contributed by atoms with van der Waals surface area (Å²) in [5.41, 5.74) is 0. The van der Waals surface area contributed by atoms with E-state index in [0.29, 0.717) is 0 Å². The summed E-state index contributed by atoms with van der Waals surface area (Å²) in [5, 5.41) is 0. The lowest BCUT2D eigenvalue weighted by Gasteiger charge is -2.39. The molecule has 0 aromatic heterocycles. The van der Waals surface area contributed by atoms with Crippen LogP contribution in [-0.4, -0.2) is 64.9 Å². The topological polar surface area (TPSA) is 83.6 Å². The summed E-state index contributed by atoms with van der Waals surface area (Å²) in [6, 6.07) is 8.27. The Morgan fingerprint density at radius 3 is 2.61 bits per heavy atom. The molecule has 0 saturated carbocycles. The smallest absolute Gasteiger partial charge is 0.186 e. The summed E-state index contributed by atoms with van der Waals surface area (Å²) in [6.07, 6.45) is -2.14. The fraction of sp³-hybridized carbons (Fsp3) is 0.600. The molecule has 3 fully saturated rings. The second kappa shape index (κ2) is 5.80. The zero-order valence-corrected chi connectivity index (χ0v) is 13.3. The van der Waals surface area contributed by atoms with Gasteiger partial charge in [-0.15, -0.1) is 0 Å². The van der Waals surface area contributed by atoms with Crippen LogP contribution in [0.4, 0.5) is 0 Å². The van der Waals surface area contributed by atoms with Gasteiger partial charge in [-0.25, -0.2) is 8.42 Å². The molecule has 0 radical (unpaired) electrons. The van der Waals surface area contributed by atoms with E-state index in [1.807, 2.05) is 0 Å². The first-order valence-corrected chi connectivity index (χ1v) is 9.12. The highest BCUT2D eigenvalue weighted by Gasteiger charge is 2.60. The molecule has 8 heteroatoms. The number of hydrogen-bond donors (Lipinski definition) is 0. The lowest BCUT2D eigenvalue weighted by atomic mass is 10.0. The lowest BCUT2D eigenvalue weighted by molar-refractivity contribution is -0.294. The molecule has 126 valence electrons. The maximum atomic E-state index is 12.4. The number of fused-ring (bicyclic) bond motifs is 3. The van der Waals surface area contributed by atoms with Crippen molar-refractivity contribution < 1.29 is 32.1 Å². The minimum absolute atomic E-state index is 0.121. The van der Waals surface area contributed by atoms with Crippen molar-refractivity contribution in [2.75, 3.05) is 19.5 Å². The van der Waals surface area contributed by atoms with Gasteiger partial charge in [-0.3, -0.25) is 0 Å². The first-order valence-electron chi connectivity index (χ1n) is 7.47. The van der Waals surface area contributed by atoms with Gasteiger partial charge in [0.2, 0.25) is 0 Å². The molecule has 0 spiro atoms. The average molecular weight is 342 g/mol. The molecular formula is C15H18O7S. The maximum absolute atomic E-state index is 12.4. The van der Waals surface area contributed by atoms with Gasteiger partial charge < -0.3 is 23.7 Å². The van der Waals surface area contributed by atoms with Gasteiger partial charge in [-0.05, 0) is 12.1 Å². The van der Waals surface area contributed by atoms with Crippen LogP contribution in [0.3, 0.4) is 0 Å². The van der Waals surface area contributed by atoms with E-state index >= 15 is 0 Å². The third kappa shape index (κ3) is 2.90. The molecule has 1 aromatic carbocycles. The standard InChI is InChI=1S/C15H18O7S/c1-18-15-14-13(22-14)12-10(20-15)7-19-11(21-12)8-23(16,17)9-5-3-2-4-6-9/h2-6,10-15H,7-8H2,1H3/t10-,11?,12-,13-,14-,15+/m1/s1. The Hall–Kier alpha value is -1.03. The van der Waals surface area contributed by atoms with Gasteiger partial charge >= 0.3 is 0 Å². The summed E-state index contributed by atoms with van der Waals surface area (Å²) in [6.45, 7) is 0.256. The summed E-state index contributed by atoms with van der Waals surface area (Å²) in [7, 11) is -1.91. The molecular weight excluding hydrogens is 324 g/mol. The maximum Gasteiger partial charge on any atom is 0.186 e. The molecule has 4 rings (SSSR count). The number of ether oxygens (including phenoxy) is 5. The molecule has 3 heterocycles. The van der Waals surface area contributed by atoms with Crippen molar-refractivity contribution in [1.29, 1.82) is 0 Å². The number of benzene rings is 1. The average Bonchev–Trinajstić information content (AvgIpc) is 3.36. The monoisotopic (exact) mass is 342 g/mol. The van der Waals surface area contributed by atoms with Crippen molar-refractivity contribution in [2.24, 2.45) is 0 Å². The SMILES string of the molecule is CO[C@H]1O[C@@H]2COC(CS(=O)(=O)c3ccccc3)O[C@H]2[C@H]2O[C@@H]12. The minimum atomic E-state index is -3.47. The largest absolute Gasteiger partial charge is 0.361 e. The van der Waals surface area contributed by atoms with Crippen LogP contribution >= 0.6 is 0 Å². The van der Waals surface area contributed by atoms with E-state index < -0.39 is 22.4 Å². The molecule has 0 aliphatic carbocycles. The van der Waals surface area contributed by atoms with Crippen molar-refractivity contribution in [3.8, 4) is 0 Å². The van der Waals surface area contributed by atoms with E-state index in [9.17, 15) is 8.42 Å². The number of methoxy groups -OCH3 is 1. The first-order chi connectivity index (χ1) is 11.1. The normalized spacial score (nSPS) is 39.3. The van der Waals surface area contributed by atoms with E-state index in [2.05, 4.69) is 0 Å². The van der Waals surface area contributed by atoms with E-state index in [0.717, 1.165) is 0 Å². The van der Waals surface area contributed by atoms with E-state index in [1.54, 1.807) is 37.4 Å². The molecule has 3 aliphatic rings. The Balaban J connectivity index is 1.43. The third-order valence-corrected chi connectivity index (χ3v) is 5.98. The van der Waals surface area contributed by atoms with E-state index in [-0.39, 0.29) is 41.7 Å². The van der Waals surface area contributed by atoms with Crippen LogP contribution in [0.15, 0.2) is 35.2 Å². The highest BCUT2D eigenvalue weighted by atomic mass is 32.2. The molecule has 3 aliphatic heterocycles. The number of sulfone groups is 1. The predicted octanol–water partition coefficient (Wildman–Crippen LogP) is 0.340. The van der Waals surface area contributed by atoms with Crippen molar-refractivity contribution in [3.05, 3.63) is 30.3 Å². The van der Waals surface area contributed by atoms with Crippen LogP contribution in [0, 0.1) is 0 Å². The van der Waals surface area contributed by atoms with Crippen LogP contribution in [0.1, 0.15) is 0 Å². The van der Waals surface area contributed by atoms with Gasteiger partial charge in [0.25, 0.3) is 0 Å². The molecule has 0 N–H and O–H groups in total. The zero-order chi connectivity index (χ0) is 16.0. The van der Waals surface area contributed by atoms with Crippen LogP contribution in [0.25, 0.3) is 0 Å². The van der Waals surface area contributed by atoms with Gasteiger partial charge in [0, 0.05) is 7.11 Å². The van der Waals surface area contributed by atoms with Crippen molar-refractivity contribution in [3.63, 3.8) is 0 Å². The van der Waals surface area contributed by atoms with E-state index in [4.69, 9.17) is 23.7 Å². The summed E-state index contributed by atoms with van der Waals surface area (Å²) in [4.78, 5) is 0.259. The predicted molar refractivity (Wildman–Crippen MR) is 77.4 cm³/mol. The quantitative estimate of drug-likeness (QED) is 0.730. The Morgan fingerprint density at radius 1 is 1.09 bits per heavy atom. The second-order valence-electron chi connectivity index (χ2n) is 5.80. The van der Waals surface area contributed by atoms with Gasteiger partial charge in [-0.1, -0.05) is 18.2 Å². The van der Waals surface area contributed by atoms with Crippen LogP contribution < -0.4 is 0 Å². The number of rotatable bonds is 4. The summed E-state index contributed by atoms with van der Waals surface area (Å²) in [5.74, 6) is -0.231. The molecule has 0 amide bonds. The highest BCUT2D eigenvalue weighted by molar-refractivity contribution is 7.91. The molecule has 7 nitrogen and oxygen atoms in total. The van der Waals surface area contributed by atoms with Crippen molar-refractivity contribution in [1.82, 2.24) is 0 Å².